The molecule has 4 nitrogen and oxygen atoms in total. The lowest BCUT2D eigenvalue weighted by atomic mass is 9.98. The molecule has 0 spiro atoms. The molecule has 0 saturated carbocycles. The topological polar surface area (TPSA) is 50.4 Å². The maximum atomic E-state index is 12.2. The molecule has 1 aliphatic rings. The number of amides is 1. The van der Waals surface area contributed by atoms with E-state index in [1.165, 1.54) is 16.7 Å². The van der Waals surface area contributed by atoms with E-state index < -0.39 is 5.60 Å². The van der Waals surface area contributed by atoms with Gasteiger partial charge in [-0.3, -0.25) is 10.1 Å². The molecule has 1 saturated heterocycles. The minimum atomic E-state index is -0.454. The fraction of sp³-hybridized carbons (Fsp3) is 0.533. The molecule has 2 N–H and O–H groups in total. The maximum absolute atomic E-state index is 12.2. The number of aryl methyl sites for hydroxylation is 2. The van der Waals surface area contributed by atoms with Crippen molar-refractivity contribution in [3.63, 3.8) is 0 Å². The third kappa shape index (κ3) is 2.96. The van der Waals surface area contributed by atoms with Gasteiger partial charge in [-0.15, -0.1) is 0 Å². The van der Waals surface area contributed by atoms with Gasteiger partial charge in [0.2, 0.25) is 5.91 Å². The number of rotatable bonds is 3. The van der Waals surface area contributed by atoms with Crippen LogP contribution in [0.1, 0.15) is 30.5 Å². The molecule has 1 atom stereocenters. The molecule has 0 unspecified atom stereocenters. The molecule has 104 valence electrons. The Bertz CT molecular complexity index is 463. The van der Waals surface area contributed by atoms with Crippen molar-refractivity contribution in [3.05, 3.63) is 34.9 Å². The van der Waals surface area contributed by atoms with E-state index in [1.54, 1.807) is 0 Å². The summed E-state index contributed by atoms with van der Waals surface area (Å²) in [5.74, 6) is -0.00912. The average Bonchev–Trinajstić information content (AvgIpc) is 2.68. The summed E-state index contributed by atoms with van der Waals surface area (Å²) >= 11 is 0. The first-order chi connectivity index (χ1) is 8.92. The zero-order valence-corrected chi connectivity index (χ0v) is 12.0. The van der Waals surface area contributed by atoms with Crippen LogP contribution >= 0.6 is 0 Å². The second-order valence-corrected chi connectivity index (χ2v) is 5.62. The van der Waals surface area contributed by atoms with Gasteiger partial charge in [0, 0.05) is 6.54 Å². The van der Waals surface area contributed by atoms with Crippen molar-refractivity contribution < 1.29 is 9.53 Å². The third-order valence-corrected chi connectivity index (χ3v) is 3.77. The van der Waals surface area contributed by atoms with Gasteiger partial charge in [-0.25, -0.2) is 0 Å². The molecule has 19 heavy (non-hydrogen) atoms. The molecule has 4 heteroatoms. The quantitative estimate of drug-likeness (QED) is 0.870. The van der Waals surface area contributed by atoms with Gasteiger partial charge in [0.1, 0.15) is 6.04 Å². The summed E-state index contributed by atoms with van der Waals surface area (Å²) < 4.78 is 5.50. The van der Waals surface area contributed by atoms with E-state index >= 15 is 0 Å². The Kier molecular flexibility index (Phi) is 3.92. The van der Waals surface area contributed by atoms with E-state index in [4.69, 9.17) is 4.74 Å². The molecule has 0 aromatic heterocycles. The van der Waals surface area contributed by atoms with Crippen molar-refractivity contribution >= 4 is 5.91 Å². The minimum Gasteiger partial charge on any atom is -0.358 e. The van der Waals surface area contributed by atoms with Crippen molar-refractivity contribution in [1.82, 2.24) is 10.6 Å². The van der Waals surface area contributed by atoms with Crippen LogP contribution in [0.25, 0.3) is 0 Å². The Labute approximate surface area is 114 Å². The lowest BCUT2D eigenvalue weighted by Gasteiger charge is -2.24. The Balaban J connectivity index is 2.01. The van der Waals surface area contributed by atoms with Crippen molar-refractivity contribution in [2.45, 2.75) is 45.9 Å². The Morgan fingerprint density at radius 1 is 1.42 bits per heavy atom. The van der Waals surface area contributed by atoms with Crippen LogP contribution in [0.3, 0.4) is 0 Å². The largest absolute Gasteiger partial charge is 0.358 e. The molecule has 1 aromatic carbocycles. The van der Waals surface area contributed by atoms with Crippen LogP contribution in [0.4, 0.5) is 0 Å². The molecule has 0 radical (unpaired) electrons. The molecular formula is C15H22N2O2. The molecule has 1 heterocycles. The molecule has 0 bridgehead atoms. The Morgan fingerprint density at radius 2 is 2.05 bits per heavy atom. The number of nitrogens with one attached hydrogen (secondary N) is 2. The summed E-state index contributed by atoms with van der Waals surface area (Å²) in [6.07, 6.45) is 0. The molecule has 0 aliphatic carbocycles. The van der Waals surface area contributed by atoms with E-state index in [2.05, 4.69) is 36.6 Å². The predicted octanol–water partition coefficient (Wildman–Crippen LogP) is 1.64. The first-order valence-electron chi connectivity index (χ1n) is 6.62. The number of ether oxygens (including phenoxy) is 1. The van der Waals surface area contributed by atoms with Crippen LogP contribution in [0.2, 0.25) is 0 Å². The highest BCUT2D eigenvalue weighted by Gasteiger charge is 2.40. The molecule has 1 fully saturated rings. The molecule has 1 aliphatic heterocycles. The van der Waals surface area contributed by atoms with Crippen molar-refractivity contribution in [2.24, 2.45) is 0 Å². The average molecular weight is 262 g/mol. The number of carbonyl (C=O) groups is 1. The standard InChI is InChI=1S/C15H22N2O2/c1-10-6-5-7-11(2)12(10)8-16-14(18)13-15(3,4)19-9-17-13/h5-7,13,17H,8-9H2,1-4H3,(H,16,18)/t13-/m1/s1. The van der Waals surface area contributed by atoms with E-state index in [-0.39, 0.29) is 11.9 Å². The zero-order valence-electron chi connectivity index (χ0n) is 12.0. The van der Waals surface area contributed by atoms with Gasteiger partial charge in [0.15, 0.2) is 0 Å². The monoisotopic (exact) mass is 262 g/mol. The lowest BCUT2D eigenvalue weighted by Crippen LogP contribution is -2.50. The van der Waals surface area contributed by atoms with E-state index in [0.29, 0.717) is 13.3 Å². The molecule has 1 amide bonds. The van der Waals surface area contributed by atoms with E-state index in [0.717, 1.165) is 0 Å². The number of carbonyl (C=O) groups excluding carboxylic acids is 1. The second-order valence-electron chi connectivity index (χ2n) is 5.62. The third-order valence-electron chi connectivity index (χ3n) is 3.77. The summed E-state index contributed by atoms with van der Waals surface area (Å²) in [4.78, 5) is 12.2. The van der Waals surface area contributed by atoms with Crippen LogP contribution in [0.5, 0.6) is 0 Å². The fourth-order valence-corrected chi connectivity index (χ4v) is 2.45. The Morgan fingerprint density at radius 3 is 2.58 bits per heavy atom. The fourth-order valence-electron chi connectivity index (χ4n) is 2.45. The summed E-state index contributed by atoms with van der Waals surface area (Å²) in [5, 5.41) is 6.07. The molecule has 2 rings (SSSR count). The summed E-state index contributed by atoms with van der Waals surface area (Å²) in [6, 6.07) is 5.87. The van der Waals surface area contributed by atoms with Crippen molar-refractivity contribution in [1.29, 1.82) is 0 Å². The zero-order chi connectivity index (χ0) is 14.0. The Hall–Kier alpha value is -1.39. The van der Waals surface area contributed by atoms with Gasteiger partial charge < -0.3 is 10.1 Å². The van der Waals surface area contributed by atoms with Gasteiger partial charge in [-0.1, -0.05) is 18.2 Å². The van der Waals surface area contributed by atoms with Gasteiger partial charge in [-0.2, -0.15) is 0 Å². The van der Waals surface area contributed by atoms with Gasteiger partial charge >= 0.3 is 0 Å². The van der Waals surface area contributed by atoms with E-state index in [1.807, 2.05) is 19.9 Å². The number of hydrogen-bond donors (Lipinski definition) is 2. The van der Waals surface area contributed by atoms with Gasteiger partial charge in [0.25, 0.3) is 0 Å². The van der Waals surface area contributed by atoms with Gasteiger partial charge in [-0.05, 0) is 44.4 Å². The van der Waals surface area contributed by atoms with Crippen LogP contribution in [-0.4, -0.2) is 24.3 Å². The van der Waals surface area contributed by atoms with E-state index in [9.17, 15) is 4.79 Å². The van der Waals surface area contributed by atoms with Crippen molar-refractivity contribution in [2.75, 3.05) is 6.73 Å². The van der Waals surface area contributed by atoms with Gasteiger partial charge in [0.05, 0.1) is 12.3 Å². The predicted molar refractivity (Wildman–Crippen MR) is 74.7 cm³/mol. The SMILES string of the molecule is Cc1cccc(C)c1CNC(=O)[C@H]1NCOC1(C)C. The maximum Gasteiger partial charge on any atom is 0.240 e. The van der Waals surface area contributed by atoms with Crippen LogP contribution < -0.4 is 10.6 Å². The number of benzene rings is 1. The second kappa shape index (κ2) is 5.31. The molecular weight excluding hydrogens is 240 g/mol. The van der Waals surface area contributed by atoms with Crippen molar-refractivity contribution in [3.8, 4) is 0 Å². The number of hydrogen-bond acceptors (Lipinski definition) is 3. The summed E-state index contributed by atoms with van der Waals surface area (Å²) in [6.45, 7) is 8.97. The highest BCUT2D eigenvalue weighted by molar-refractivity contribution is 5.83. The van der Waals surface area contributed by atoms with Crippen LogP contribution in [0, 0.1) is 13.8 Å². The minimum absolute atomic E-state index is 0.00912. The molecule has 1 aromatic rings. The van der Waals surface area contributed by atoms with Crippen LogP contribution in [-0.2, 0) is 16.1 Å². The summed E-state index contributed by atoms with van der Waals surface area (Å²) in [5.41, 5.74) is 3.14. The lowest BCUT2D eigenvalue weighted by molar-refractivity contribution is -0.126. The summed E-state index contributed by atoms with van der Waals surface area (Å²) in [7, 11) is 0. The first-order valence-corrected chi connectivity index (χ1v) is 6.62. The van der Waals surface area contributed by atoms with Crippen LogP contribution in [0.15, 0.2) is 18.2 Å². The highest BCUT2D eigenvalue weighted by Crippen LogP contribution is 2.20. The smallest absolute Gasteiger partial charge is 0.240 e. The first kappa shape index (κ1) is 14.0. The normalized spacial score (nSPS) is 21.4. The highest BCUT2D eigenvalue weighted by atomic mass is 16.5.